The van der Waals surface area contributed by atoms with Crippen LogP contribution in [0.2, 0.25) is 0 Å². The van der Waals surface area contributed by atoms with Crippen LogP contribution in [-0.2, 0) is 6.42 Å². The van der Waals surface area contributed by atoms with Gasteiger partial charge in [0.15, 0.2) is 0 Å². The maximum absolute atomic E-state index is 13.2. The summed E-state index contributed by atoms with van der Waals surface area (Å²) in [7, 11) is 0. The van der Waals surface area contributed by atoms with Crippen LogP contribution in [0.5, 0.6) is 0 Å². The summed E-state index contributed by atoms with van der Waals surface area (Å²) in [5, 5.41) is 6.33. The van der Waals surface area contributed by atoms with Crippen LogP contribution in [0.15, 0.2) is 18.2 Å². The van der Waals surface area contributed by atoms with E-state index in [-0.39, 0.29) is 11.6 Å². The van der Waals surface area contributed by atoms with Gasteiger partial charge < -0.3 is 10.6 Å². The molecule has 0 saturated carbocycles. The van der Waals surface area contributed by atoms with Gasteiger partial charge in [-0.2, -0.15) is 0 Å². The predicted molar refractivity (Wildman–Crippen MR) is 61.5 cm³/mol. The molecule has 1 aromatic rings. The Labute approximate surface area is 95.1 Å². The number of hydrogen-bond donors (Lipinski definition) is 2. The van der Waals surface area contributed by atoms with E-state index in [0.717, 1.165) is 25.7 Å². The summed E-state index contributed by atoms with van der Waals surface area (Å²) < 4.78 is 26.0. The van der Waals surface area contributed by atoms with E-state index < -0.39 is 0 Å². The highest BCUT2D eigenvalue weighted by Crippen LogP contribution is 2.09. The van der Waals surface area contributed by atoms with E-state index in [1.54, 1.807) is 0 Å². The monoisotopic (exact) mass is 228 g/mol. The lowest BCUT2D eigenvalue weighted by Crippen LogP contribution is -2.28. The van der Waals surface area contributed by atoms with Crippen LogP contribution in [0.25, 0.3) is 0 Å². The fourth-order valence-electron chi connectivity index (χ4n) is 1.44. The van der Waals surface area contributed by atoms with Gasteiger partial charge in [0.25, 0.3) is 0 Å². The van der Waals surface area contributed by atoms with Crippen molar-refractivity contribution in [2.45, 2.75) is 13.3 Å². The lowest BCUT2D eigenvalue weighted by molar-refractivity contribution is 0.573. The van der Waals surface area contributed by atoms with Crippen LogP contribution in [-0.4, -0.2) is 26.2 Å². The van der Waals surface area contributed by atoms with Gasteiger partial charge in [-0.1, -0.05) is 6.92 Å². The molecule has 0 aromatic heterocycles. The maximum Gasteiger partial charge on any atom is 0.126 e. The molecule has 4 heteroatoms. The van der Waals surface area contributed by atoms with Crippen LogP contribution >= 0.6 is 0 Å². The molecule has 0 saturated heterocycles. The summed E-state index contributed by atoms with van der Waals surface area (Å²) in [6.45, 7) is 5.38. The third-order valence-electron chi connectivity index (χ3n) is 2.31. The SMILES string of the molecule is CCNCCNCCc1cc(F)ccc1F. The topological polar surface area (TPSA) is 24.1 Å². The lowest BCUT2D eigenvalue weighted by atomic mass is 10.1. The quantitative estimate of drug-likeness (QED) is 0.694. The lowest BCUT2D eigenvalue weighted by Gasteiger charge is -2.06. The molecule has 0 spiro atoms. The molecule has 1 rings (SSSR count). The van der Waals surface area contributed by atoms with Crippen molar-refractivity contribution in [2.75, 3.05) is 26.2 Å². The minimum absolute atomic E-state index is 0.338. The second kappa shape index (κ2) is 7.30. The summed E-state index contributed by atoms with van der Waals surface area (Å²) in [4.78, 5) is 0. The molecule has 2 N–H and O–H groups in total. The van der Waals surface area contributed by atoms with Crippen LogP contribution in [0, 0.1) is 11.6 Å². The third kappa shape index (κ3) is 4.68. The van der Waals surface area contributed by atoms with Gasteiger partial charge in [0.2, 0.25) is 0 Å². The second-order valence-corrected chi connectivity index (χ2v) is 3.59. The molecule has 0 aliphatic carbocycles. The van der Waals surface area contributed by atoms with E-state index in [4.69, 9.17) is 0 Å². The average molecular weight is 228 g/mol. The summed E-state index contributed by atoms with van der Waals surface area (Å²) >= 11 is 0. The molecule has 0 amide bonds. The van der Waals surface area contributed by atoms with E-state index in [9.17, 15) is 8.78 Å². The van der Waals surface area contributed by atoms with Gasteiger partial charge in [0, 0.05) is 13.1 Å². The fraction of sp³-hybridized carbons (Fsp3) is 0.500. The van der Waals surface area contributed by atoms with Crippen molar-refractivity contribution in [1.82, 2.24) is 10.6 Å². The number of likely N-dealkylation sites (N-methyl/N-ethyl adjacent to an activating group) is 1. The molecule has 0 heterocycles. The molecule has 0 radical (unpaired) electrons. The van der Waals surface area contributed by atoms with E-state index in [0.29, 0.717) is 18.5 Å². The van der Waals surface area contributed by atoms with Crippen LogP contribution in [0.1, 0.15) is 12.5 Å². The van der Waals surface area contributed by atoms with Gasteiger partial charge >= 0.3 is 0 Å². The zero-order valence-corrected chi connectivity index (χ0v) is 9.52. The van der Waals surface area contributed by atoms with E-state index in [1.807, 2.05) is 6.92 Å². The molecule has 90 valence electrons. The average Bonchev–Trinajstić information content (AvgIpc) is 2.28. The summed E-state index contributed by atoms with van der Waals surface area (Å²) in [5.74, 6) is -0.723. The molecule has 0 atom stereocenters. The Hall–Kier alpha value is -1.00. The number of hydrogen-bond acceptors (Lipinski definition) is 2. The molecular formula is C12H18F2N2. The van der Waals surface area contributed by atoms with Gasteiger partial charge in [-0.15, -0.1) is 0 Å². The molecular weight excluding hydrogens is 210 g/mol. The van der Waals surface area contributed by atoms with E-state index in [2.05, 4.69) is 10.6 Å². The first-order valence-corrected chi connectivity index (χ1v) is 5.59. The molecule has 0 aliphatic heterocycles. The Kier molecular flexibility index (Phi) is 5.96. The zero-order chi connectivity index (χ0) is 11.8. The highest BCUT2D eigenvalue weighted by Gasteiger charge is 2.02. The molecule has 0 fully saturated rings. The Morgan fingerprint density at radius 3 is 2.56 bits per heavy atom. The molecule has 0 unspecified atom stereocenters. The smallest absolute Gasteiger partial charge is 0.126 e. The molecule has 16 heavy (non-hydrogen) atoms. The molecule has 0 aliphatic rings. The van der Waals surface area contributed by atoms with Crippen molar-refractivity contribution in [1.29, 1.82) is 0 Å². The van der Waals surface area contributed by atoms with Crippen molar-refractivity contribution >= 4 is 0 Å². The minimum atomic E-state index is -0.385. The van der Waals surface area contributed by atoms with Crippen molar-refractivity contribution in [3.63, 3.8) is 0 Å². The Morgan fingerprint density at radius 1 is 1.06 bits per heavy atom. The van der Waals surface area contributed by atoms with Gasteiger partial charge in [0.1, 0.15) is 11.6 Å². The first-order chi connectivity index (χ1) is 7.74. The van der Waals surface area contributed by atoms with Crippen molar-refractivity contribution in [3.05, 3.63) is 35.4 Å². The highest BCUT2D eigenvalue weighted by atomic mass is 19.1. The molecule has 2 nitrogen and oxygen atoms in total. The Bertz CT molecular complexity index is 316. The number of benzene rings is 1. The summed E-state index contributed by atoms with van der Waals surface area (Å²) in [6, 6.07) is 3.56. The normalized spacial score (nSPS) is 10.7. The minimum Gasteiger partial charge on any atom is -0.316 e. The van der Waals surface area contributed by atoms with E-state index >= 15 is 0 Å². The Balaban J connectivity index is 2.23. The largest absolute Gasteiger partial charge is 0.316 e. The van der Waals surface area contributed by atoms with Crippen molar-refractivity contribution in [2.24, 2.45) is 0 Å². The standard InChI is InChI=1S/C12H18F2N2/c1-2-15-7-8-16-6-5-10-9-11(13)3-4-12(10)14/h3-4,9,15-16H,2,5-8H2,1H3. The molecule has 1 aromatic carbocycles. The van der Waals surface area contributed by atoms with Gasteiger partial charge in [0.05, 0.1) is 0 Å². The summed E-state index contributed by atoms with van der Waals surface area (Å²) in [6.07, 6.45) is 0.510. The summed E-state index contributed by atoms with van der Waals surface area (Å²) in [5.41, 5.74) is 0.427. The highest BCUT2D eigenvalue weighted by molar-refractivity contribution is 5.18. The number of rotatable bonds is 7. The third-order valence-corrected chi connectivity index (χ3v) is 2.31. The number of nitrogens with one attached hydrogen (secondary N) is 2. The van der Waals surface area contributed by atoms with Crippen LogP contribution in [0.3, 0.4) is 0 Å². The van der Waals surface area contributed by atoms with E-state index in [1.165, 1.54) is 12.1 Å². The maximum atomic E-state index is 13.2. The predicted octanol–water partition coefficient (Wildman–Crippen LogP) is 1.71. The van der Waals surface area contributed by atoms with Crippen molar-refractivity contribution < 1.29 is 8.78 Å². The van der Waals surface area contributed by atoms with Gasteiger partial charge in [-0.25, -0.2) is 8.78 Å². The van der Waals surface area contributed by atoms with Gasteiger partial charge in [-0.3, -0.25) is 0 Å². The van der Waals surface area contributed by atoms with Crippen LogP contribution < -0.4 is 10.6 Å². The van der Waals surface area contributed by atoms with Crippen molar-refractivity contribution in [3.8, 4) is 0 Å². The molecule has 0 bridgehead atoms. The Morgan fingerprint density at radius 2 is 1.81 bits per heavy atom. The van der Waals surface area contributed by atoms with Gasteiger partial charge in [-0.05, 0) is 43.3 Å². The first-order valence-electron chi connectivity index (χ1n) is 5.59. The van der Waals surface area contributed by atoms with Crippen LogP contribution in [0.4, 0.5) is 8.78 Å². The fourth-order valence-corrected chi connectivity index (χ4v) is 1.44. The first kappa shape index (κ1) is 13.1. The number of halogens is 2. The second-order valence-electron chi connectivity index (χ2n) is 3.59. The zero-order valence-electron chi connectivity index (χ0n) is 9.52.